The van der Waals surface area contributed by atoms with Crippen molar-refractivity contribution in [3.63, 3.8) is 0 Å². The van der Waals surface area contributed by atoms with Crippen molar-refractivity contribution in [2.45, 2.75) is 44.6 Å². The molecule has 3 fully saturated rings. The smallest absolute Gasteiger partial charge is 0.270 e. The molecule has 1 amide bonds. The molecule has 2 bridgehead atoms. The second kappa shape index (κ2) is 4.79. The Bertz CT molecular complexity index is 560. The fraction of sp³-hybridized carbons (Fsp3) is 0.706. The third-order valence-electron chi connectivity index (χ3n) is 5.77. The van der Waals surface area contributed by atoms with Crippen LogP contribution < -0.4 is 5.73 Å². The predicted octanol–water partition coefficient (Wildman–Crippen LogP) is 2.91. The minimum atomic E-state index is 0.140. The summed E-state index contributed by atoms with van der Waals surface area (Å²) in [5.41, 5.74) is 7.39. The highest BCUT2D eigenvalue weighted by Gasteiger charge is 2.40. The van der Waals surface area contributed by atoms with E-state index in [1.54, 1.807) is 0 Å². The molecule has 3 saturated carbocycles. The Morgan fingerprint density at radius 1 is 1.33 bits per heavy atom. The first-order valence-electron chi connectivity index (χ1n) is 8.34. The van der Waals surface area contributed by atoms with Gasteiger partial charge in [-0.3, -0.25) is 4.79 Å². The Balaban J connectivity index is 1.46. The number of nitrogens with zero attached hydrogens (tertiary/aromatic N) is 2. The van der Waals surface area contributed by atoms with Gasteiger partial charge in [0.1, 0.15) is 5.69 Å². The van der Waals surface area contributed by atoms with E-state index in [2.05, 4.69) is 4.57 Å². The molecule has 3 aliphatic carbocycles. The van der Waals surface area contributed by atoms with Crippen LogP contribution in [0.15, 0.2) is 12.3 Å². The van der Waals surface area contributed by atoms with E-state index in [-0.39, 0.29) is 5.91 Å². The van der Waals surface area contributed by atoms with Gasteiger partial charge in [-0.1, -0.05) is 6.42 Å². The second-order valence-electron chi connectivity index (χ2n) is 7.42. The lowest BCUT2D eigenvalue weighted by molar-refractivity contribution is 0.0743. The van der Waals surface area contributed by atoms with E-state index >= 15 is 0 Å². The Kier molecular flexibility index (Phi) is 3.02. The molecule has 1 aromatic rings. The summed E-state index contributed by atoms with van der Waals surface area (Å²) in [6.07, 6.45) is 9.79. The molecule has 4 nitrogen and oxygen atoms in total. The van der Waals surface area contributed by atoms with Crippen LogP contribution in [-0.2, 0) is 0 Å². The van der Waals surface area contributed by atoms with Gasteiger partial charge in [-0.25, -0.2) is 0 Å². The van der Waals surface area contributed by atoms with Crippen LogP contribution in [0.1, 0.15) is 55.1 Å². The van der Waals surface area contributed by atoms with Gasteiger partial charge >= 0.3 is 0 Å². The highest BCUT2D eigenvalue weighted by atomic mass is 16.2. The maximum Gasteiger partial charge on any atom is 0.270 e. The molecule has 0 aliphatic heterocycles. The van der Waals surface area contributed by atoms with Crippen molar-refractivity contribution in [3.8, 4) is 0 Å². The standard InChI is InChI=1S/C17H25N3O/c1-19(9-13-7-11-2-3-12(13)6-11)17(21)16-8-14(18)10-20(16)15-4-5-15/h8,10-13,15H,2-7,9,18H2,1H3. The molecule has 3 aliphatic rings. The maximum atomic E-state index is 12.8. The largest absolute Gasteiger partial charge is 0.397 e. The summed E-state index contributed by atoms with van der Waals surface area (Å²) in [6, 6.07) is 2.34. The molecule has 3 atom stereocenters. The van der Waals surface area contributed by atoms with Crippen LogP contribution in [0.4, 0.5) is 5.69 Å². The van der Waals surface area contributed by atoms with Crippen LogP contribution in [-0.4, -0.2) is 29.0 Å². The third-order valence-corrected chi connectivity index (χ3v) is 5.77. The van der Waals surface area contributed by atoms with Crippen LogP contribution in [0.25, 0.3) is 0 Å². The van der Waals surface area contributed by atoms with Crippen LogP contribution in [0, 0.1) is 17.8 Å². The SMILES string of the molecule is CN(CC1CC2CCC1C2)C(=O)c1cc(N)cn1C1CC1. The van der Waals surface area contributed by atoms with Crippen molar-refractivity contribution in [1.82, 2.24) is 9.47 Å². The Morgan fingerprint density at radius 3 is 2.76 bits per heavy atom. The molecular formula is C17H25N3O. The highest BCUT2D eigenvalue weighted by molar-refractivity contribution is 5.93. The van der Waals surface area contributed by atoms with Gasteiger partial charge in [0.05, 0.1) is 5.69 Å². The van der Waals surface area contributed by atoms with Crippen LogP contribution >= 0.6 is 0 Å². The molecule has 1 heterocycles. The second-order valence-corrected chi connectivity index (χ2v) is 7.42. The highest BCUT2D eigenvalue weighted by Crippen LogP contribution is 2.48. The van der Waals surface area contributed by atoms with Gasteiger partial charge in [0.15, 0.2) is 0 Å². The third kappa shape index (κ3) is 2.34. The lowest BCUT2D eigenvalue weighted by Gasteiger charge is -2.27. The molecule has 0 aromatic carbocycles. The number of carbonyl (C=O) groups excluding carboxylic acids is 1. The molecule has 2 N–H and O–H groups in total. The van der Waals surface area contributed by atoms with Crippen molar-refractivity contribution >= 4 is 11.6 Å². The summed E-state index contributed by atoms with van der Waals surface area (Å²) in [5, 5.41) is 0. The van der Waals surface area contributed by atoms with Gasteiger partial charge in [0.25, 0.3) is 5.91 Å². The molecule has 0 radical (unpaired) electrons. The summed E-state index contributed by atoms with van der Waals surface area (Å²) in [6.45, 7) is 0.912. The monoisotopic (exact) mass is 287 g/mol. The van der Waals surface area contributed by atoms with Gasteiger partial charge in [-0.05, 0) is 55.9 Å². The van der Waals surface area contributed by atoms with Crippen molar-refractivity contribution < 1.29 is 4.79 Å². The number of nitrogen functional groups attached to an aromatic ring is 1. The van der Waals surface area contributed by atoms with E-state index in [0.29, 0.717) is 11.7 Å². The van der Waals surface area contributed by atoms with Crippen molar-refractivity contribution in [2.24, 2.45) is 17.8 Å². The zero-order valence-corrected chi connectivity index (χ0v) is 12.8. The predicted molar refractivity (Wildman–Crippen MR) is 83.0 cm³/mol. The first-order valence-corrected chi connectivity index (χ1v) is 8.34. The van der Waals surface area contributed by atoms with Gasteiger partial charge in [-0.15, -0.1) is 0 Å². The van der Waals surface area contributed by atoms with Crippen molar-refractivity contribution in [3.05, 3.63) is 18.0 Å². The molecule has 0 saturated heterocycles. The van der Waals surface area contributed by atoms with Gasteiger partial charge in [0.2, 0.25) is 0 Å². The lowest BCUT2D eigenvalue weighted by Crippen LogP contribution is -2.34. The average molecular weight is 287 g/mol. The van der Waals surface area contributed by atoms with E-state index in [1.807, 2.05) is 24.2 Å². The van der Waals surface area contributed by atoms with Crippen molar-refractivity contribution in [2.75, 3.05) is 19.3 Å². The Hall–Kier alpha value is -1.45. The van der Waals surface area contributed by atoms with Gasteiger partial charge < -0.3 is 15.2 Å². The zero-order chi connectivity index (χ0) is 14.6. The molecule has 1 aromatic heterocycles. The molecule has 21 heavy (non-hydrogen) atoms. The average Bonchev–Trinajstić information content (AvgIpc) is 2.91. The first-order chi connectivity index (χ1) is 10.1. The van der Waals surface area contributed by atoms with E-state index in [9.17, 15) is 4.79 Å². The number of hydrogen-bond acceptors (Lipinski definition) is 2. The number of fused-ring (bicyclic) bond motifs is 2. The number of carbonyl (C=O) groups is 1. The van der Waals surface area contributed by atoms with Gasteiger partial charge in [0, 0.05) is 25.8 Å². The summed E-state index contributed by atoms with van der Waals surface area (Å²) in [4.78, 5) is 14.7. The molecule has 3 unspecified atom stereocenters. The van der Waals surface area contributed by atoms with Crippen LogP contribution in [0.5, 0.6) is 0 Å². The maximum absolute atomic E-state index is 12.8. The van der Waals surface area contributed by atoms with E-state index in [4.69, 9.17) is 5.73 Å². The number of amides is 1. The van der Waals surface area contributed by atoms with E-state index < -0.39 is 0 Å². The fourth-order valence-corrected chi connectivity index (χ4v) is 4.56. The summed E-state index contributed by atoms with van der Waals surface area (Å²) < 4.78 is 2.09. The lowest BCUT2D eigenvalue weighted by atomic mass is 9.88. The van der Waals surface area contributed by atoms with E-state index in [1.165, 1.54) is 38.5 Å². The molecule has 0 spiro atoms. The quantitative estimate of drug-likeness (QED) is 0.925. The number of aromatic nitrogens is 1. The Labute approximate surface area is 126 Å². The fourth-order valence-electron chi connectivity index (χ4n) is 4.56. The van der Waals surface area contributed by atoms with E-state index in [0.717, 1.165) is 30.0 Å². The van der Waals surface area contributed by atoms with Gasteiger partial charge in [-0.2, -0.15) is 0 Å². The topological polar surface area (TPSA) is 51.3 Å². The summed E-state index contributed by atoms with van der Waals surface area (Å²) >= 11 is 0. The van der Waals surface area contributed by atoms with Crippen LogP contribution in [0.2, 0.25) is 0 Å². The number of rotatable bonds is 4. The van der Waals surface area contributed by atoms with Crippen LogP contribution in [0.3, 0.4) is 0 Å². The number of anilines is 1. The number of hydrogen-bond donors (Lipinski definition) is 1. The first kappa shape index (κ1) is 13.2. The molecule has 4 heteroatoms. The Morgan fingerprint density at radius 2 is 2.14 bits per heavy atom. The summed E-state index contributed by atoms with van der Waals surface area (Å²) in [7, 11) is 1.95. The van der Waals surface area contributed by atoms with Crippen molar-refractivity contribution in [1.29, 1.82) is 0 Å². The zero-order valence-electron chi connectivity index (χ0n) is 12.8. The normalized spacial score (nSPS) is 30.8. The molecule has 114 valence electrons. The minimum Gasteiger partial charge on any atom is -0.397 e. The molecule has 4 rings (SSSR count). The number of nitrogens with two attached hydrogens (primary N) is 1. The molecular weight excluding hydrogens is 262 g/mol. The minimum absolute atomic E-state index is 0.140. The summed E-state index contributed by atoms with van der Waals surface area (Å²) in [5.74, 6) is 2.67.